The Kier molecular flexibility index (Phi) is 5.92. The summed E-state index contributed by atoms with van der Waals surface area (Å²) in [5.41, 5.74) is 4.82. The van der Waals surface area contributed by atoms with Gasteiger partial charge in [-0.25, -0.2) is 4.79 Å². The van der Waals surface area contributed by atoms with Crippen LogP contribution in [0.25, 0.3) is 0 Å². The minimum Gasteiger partial charge on any atom is -0.485 e. The number of hydrogen-bond donors (Lipinski definition) is 2. The lowest BCUT2D eigenvalue weighted by atomic mass is 9.58. The van der Waals surface area contributed by atoms with Crippen molar-refractivity contribution in [2.24, 2.45) is 11.1 Å². The van der Waals surface area contributed by atoms with Crippen LogP contribution in [0.3, 0.4) is 0 Å². The number of aliphatic hydroxyl groups excluding tert-OH is 1. The molecule has 3 unspecified atom stereocenters. The van der Waals surface area contributed by atoms with E-state index < -0.39 is 39.8 Å². The van der Waals surface area contributed by atoms with Crippen LogP contribution < -0.4 is 10.5 Å². The van der Waals surface area contributed by atoms with Crippen LogP contribution in [-0.2, 0) is 4.74 Å². The highest BCUT2D eigenvalue weighted by molar-refractivity contribution is 5.70. The Morgan fingerprint density at radius 1 is 1.09 bits per heavy atom. The molecule has 1 saturated heterocycles. The number of nitrogens with two attached hydrogens (primary N) is 1. The first-order valence-corrected chi connectivity index (χ1v) is 11.7. The first-order valence-electron chi connectivity index (χ1n) is 11.7. The van der Waals surface area contributed by atoms with Crippen LogP contribution in [0, 0.1) is 5.41 Å². The van der Waals surface area contributed by atoms with Crippen molar-refractivity contribution in [1.29, 1.82) is 0 Å². The van der Waals surface area contributed by atoms with Crippen molar-refractivity contribution in [3.63, 3.8) is 0 Å². The minimum absolute atomic E-state index is 0.332. The van der Waals surface area contributed by atoms with E-state index in [2.05, 4.69) is 27.7 Å². The topological polar surface area (TPSA) is 85.0 Å². The monoisotopic (exact) mass is 446 g/mol. The Hall–Kier alpha value is -1.79. The third kappa shape index (κ3) is 4.24. The van der Waals surface area contributed by atoms with Gasteiger partial charge in [0.1, 0.15) is 17.0 Å². The molecule has 1 aromatic carbocycles. The third-order valence-electron chi connectivity index (χ3n) is 7.19. The van der Waals surface area contributed by atoms with E-state index in [1.807, 2.05) is 63.8 Å². The molecule has 0 aromatic heterocycles. The molecule has 180 valence electrons. The van der Waals surface area contributed by atoms with Gasteiger partial charge in [-0.3, -0.25) is 4.90 Å². The number of ether oxygens (including phenoxy) is 2. The Morgan fingerprint density at radius 3 is 2.28 bits per heavy atom. The molecule has 2 aliphatic heterocycles. The molecule has 3 rings (SSSR count). The first-order chi connectivity index (χ1) is 14.4. The van der Waals surface area contributed by atoms with E-state index in [4.69, 9.17) is 15.2 Å². The van der Waals surface area contributed by atoms with Crippen molar-refractivity contribution >= 4 is 6.09 Å². The predicted octanol–water partition coefficient (Wildman–Crippen LogP) is 5.18. The Labute approximate surface area is 193 Å². The van der Waals surface area contributed by atoms with Crippen LogP contribution >= 0.6 is 0 Å². The zero-order chi connectivity index (χ0) is 24.3. The van der Waals surface area contributed by atoms with Crippen molar-refractivity contribution in [3.05, 3.63) is 29.8 Å². The van der Waals surface area contributed by atoms with Gasteiger partial charge in [-0.05, 0) is 67.4 Å². The van der Waals surface area contributed by atoms with Gasteiger partial charge >= 0.3 is 6.09 Å². The summed E-state index contributed by atoms with van der Waals surface area (Å²) in [6, 6.07) is 7.25. The van der Waals surface area contributed by atoms with E-state index in [-0.39, 0.29) is 6.09 Å². The smallest absolute Gasteiger partial charge is 0.411 e. The summed E-state index contributed by atoms with van der Waals surface area (Å²) in [6.45, 7) is 18.2. The molecule has 6 heteroatoms. The van der Waals surface area contributed by atoms with Crippen molar-refractivity contribution < 1.29 is 19.4 Å². The van der Waals surface area contributed by atoms with Crippen LogP contribution in [-0.4, -0.2) is 44.4 Å². The zero-order valence-electron chi connectivity index (χ0n) is 21.3. The molecular weight excluding hydrogens is 404 g/mol. The SMILES string of the molecule is CC(C)(C)OC(=O)N1C(C)(C)CC(N)C2(CC(O)c3ccccc3O2)C(C)(C)CC1(C)C. The van der Waals surface area contributed by atoms with Crippen LogP contribution in [0.5, 0.6) is 5.75 Å². The highest BCUT2D eigenvalue weighted by Gasteiger charge is 2.61. The van der Waals surface area contributed by atoms with Crippen molar-refractivity contribution in [2.75, 3.05) is 0 Å². The molecule has 32 heavy (non-hydrogen) atoms. The summed E-state index contributed by atoms with van der Waals surface area (Å²) >= 11 is 0. The van der Waals surface area contributed by atoms with Gasteiger partial charge in [0.15, 0.2) is 0 Å². The number of likely N-dealkylation sites (tertiary alicyclic amines) is 1. The molecule has 1 aromatic rings. The van der Waals surface area contributed by atoms with E-state index in [9.17, 15) is 9.90 Å². The van der Waals surface area contributed by atoms with E-state index in [1.54, 1.807) is 0 Å². The largest absolute Gasteiger partial charge is 0.485 e. The average molecular weight is 447 g/mol. The minimum atomic E-state index is -0.782. The number of para-hydroxylation sites is 1. The number of nitrogens with zero attached hydrogens (tertiary/aromatic N) is 1. The summed E-state index contributed by atoms with van der Waals surface area (Å²) in [5, 5.41) is 11.1. The normalized spacial score (nSPS) is 31.2. The maximum Gasteiger partial charge on any atom is 0.411 e. The van der Waals surface area contributed by atoms with Crippen LogP contribution in [0.15, 0.2) is 24.3 Å². The lowest BCUT2D eigenvalue weighted by Gasteiger charge is -2.61. The number of benzene rings is 1. The second-order valence-corrected chi connectivity index (χ2v) is 12.6. The Morgan fingerprint density at radius 2 is 1.69 bits per heavy atom. The van der Waals surface area contributed by atoms with Gasteiger partial charge < -0.3 is 20.3 Å². The van der Waals surface area contributed by atoms with Gasteiger partial charge in [-0.15, -0.1) is 0 Å². The van der Waals surface area contributed by atoms with E-state index >= 15 is 0 Å². The highest BCUT2D eigenvalue weighted by atomic mass is 16.6. The van der Waals surface area contributed by atoms with Gasteiger partial charge in [0, 0.05) is 34.5 Å². The van der Waals surface area contributed by atoms with Gasteiger partial charge in [-0.2, -0.15) is 0 Å². The fourth-order valence-corrected chi connectivity index (χ4v) is 6.35. The van der Waals surface area contributed by atoms with Crippen LogP contribution in [0.2, 0.25) is 0 Å². The predicted molar refractivity (Wildman–Crippen MR) is 127 cm³/mol. The molecule has 0 saturated carbocycles. The van der Waals surface area contributed by atoms with Gasteiger partial charge in [0.2, 0.25) is 0 Å². The zero-order valence-corrected chi connectivity index (χ0v) is 21.3. The lowest BCUT2D eigenvalue weighted by molar-refractivity contribution is -0.153. The van der Waals surface area contributed by atoms with Gasteiger partial charge in [0.05, 0.1) is 6.10 Å². The van der Waals surface area contributed by atoms with E-state index in [1.165, 1.54) is 0 Å². The second-order valence-electron chi connectivity index (χ2n) is 12.6. The molecule has 1 spiro atoms. The quantitative estimate of drug-likeness (QED) is 0.573. The summed E-state index contributed by atoms with van der Waals surface area (Å²) in [6.07, 6.45) is 0.565. The van der Waals surface area contributed by atoms with Crippen LogP contribution in [0.4, 0.5) is 4.79 Å². The maximum atomic E-state index is 13.4. The van der Waals surface area contributed by atoms with Crippen molar-refractivity contribution in [1.82, 2.24) is 4.90 Å². The Bertz CT molecular complexity index is 871. The molecule has 1 fully saturated rings. The molecule has 1 amide bonds. The molecule has 6 nitrogen and oxygen atoms in total. The number of carbonyl (C=O) groups is 1. The third-order valence-corrected chi connectivity index (χ3v) is 7.19. The van der Waals surface area contributed by atoms with Crippen molar-refractivity contribution in [3.8, 4) is 5.75 Å². The summed E-state index contributed by atoms with van der Waals surface area (Å²) in [5.74, 6) is 0.690. The Balaban J connectivity index is 2.09. The average Bonchev–Trinajstić information content (AvgIpc) is 2.56. The fraction of sp³-hybridized carbons (Fsp3) is 0.731. The lowest BCUT2D eigenvalue weighted by Crippen LogP contribution is -2.72. The number of amides is 1. The standard InChI is InChI=1S/C26H42N2O4/c1-22(2,3)32-21(30)28-24(6,7)15-20(27)26(23(4,5)16-25(28,8)9)14-18(29)17-12-10-11-13-19(17)31-26/h10-13,18,20,29H,14-16,27H2,1-9H3. The highest BCUT2D eigenvalue weighted by Crippen LogP contribution is 2.55. The van der Waals surface area contributed by atoms with Gasteiger partial charge in [0.25, 0.3) is 0 Å². The summed E-state index contributed by atoms with van der Waals surface area (Å²) in [4.78, 5) is 15.3. The molecule has 0 bridgehead atoms. The number of aliphatic hydroxyl groups is 1. The maximum absolute atomic E-state index is 13.4. The first kappa shape index (κ1) is 24.8. The number of hydrogen-bond acceptors (Lipinski definition) is 5. The van der Waals surface area contributed by atoms with Crippen molar-refractivity contribution in [2.45, 2.75) is 116 Å². The summed E-state index contributed by atoms with van der Waals surface area (Å²) in [7, 11) is 0. The molecule has 2 aliphatic rings. The molecule has 0 radical (unpaired) electrons. The fourth-order valence-electron chi connectivity index (χ4n) is 6.35. The summed E-state index contributed by atoms with van der Waals surface area (Å²) < 4.78 is 12.6. The number of carbonyl (C=O) groups excluding carboxylic acids is 1. The molecule has 2 heterocycles. The number of fused-ring (bicyclic) bond motifs is 1. The van der Waals surface area contributed by atoms with Gasteiger partial charge in [-0.1, -0.05) is 32.0 Å². The molecule has 3 N–H and O–H groups in total. The van der Waals surface area contributed by atoms with E-state index in [0.29, 0.717) is 25.0 Å². The molecule has 0 aliphatic carbocycles. The molecular formula is C26H42N2O4. The van der Waals surface area contributed by atoms with E-state index in [0.717, 1.165) is 5.56 Å². The second kappa shape index (κ2) is 7.63. The number of rotatable bonds is 0. The van der Waals surface area contributed by atoms with Crippen LogP contribution in [0.1, 0.15) is 93.2 Å². The molecule has 3 atom stereocenters.